The molecule has 0 unspecified atom stereocenters. The molecule has 0 spiro atoms. The summed E-state index contributed by atoms with van der Waals surface area (Å²) in [5, 5.41) is 46.5. The Labute approximate surface area is 765 Å². The average Bonchev–Trinajstić information content (AvgIpc) is 1.59. The summed E-state index contributed by atoms with van der Waals surface area (Å²) in [5.41, 5.74) is 25.1. The summed E-state index contributed by atoms with van der Waals surface area (Å²) in [6.45, 7) is 27.3. The van der Waals surface area contributed by atoms with E-state index in [0.29, 0.717) is 95.3 Å². The lowest BCUT2D eigenvalue weighted by molar-refractivity contribution is 0.312. The number of nitrogens with zero attached hydrogens (tertiary/aromatic N) is 12. The zero-order chi connectivity index (χ0) is 91.5. The van der Waals surface area contributed by atoms with E-state index in [1.165, 1.54) is 105 Å². The average molecular weight is 1740 g/mol. The highest BCUT2D eigenvalue weighted by Crippen LogP contribution is 2.57. The number of hydrogen-bond acceptors (Lipinski definition) is 20. The lowest BCUT2D eigenvalue weighted by Gasteiger charge is -2.24. The van der Waals surface area contributed by atoms with Crippen molar-refractivity contribution in [2.75, 3.05) is 26.4 Å². The van der Waals surface area contributed by atoms with Crippen molar-refractivity contribution in [3.05, 3.63) is 336 Å². The van der Waals surface area contributed by atoms with Crippen LogP contribution in [0, 0.1) is 0 Å². The van der Waals surface area contributed by atoms with E-state index < -0.39 is 0 Å². The van der Waals surface area contributed by atoms with E-state index in [1.54, 1.807) is 72.8 Å². The Balaban J connectivity index is 0.000000114. The van der Waals surface area contributed by atoms with Crippen molar-refractivity contribution in [3.8, 4) is 183 Å². The second-order valence-electron chi connectivity index (χ2n) is 34.9. The molecule has 20 nitrogen and oxygen atoms in total. The van der Waals surface area contributed by atoms with E-state index in [1.807, 2.05) is 76.2 Å². The van der Waals surface area contributed by atoms with Gasteiger partial charge in [-0.1, -0.05) is 274 Å². The molecule has 4 heterocycles. The first-order chi connectivity index (χ1) is 63.9. The fraction of sp³-hybridized carbons (Fsp3) is 0.179. The van der Waals surface area contributed by atoms with Gasteiger partial charge in [-0.3, -0.25) is 0 Å². The highest BCUT2D eigenvalue weighted by molar-refractivity contribution is 6.03. The largest absolute Gasteiger partial charge is 0.507 e. The normalized spacial score (nSPS) is 13.5. The number of fused-ring (bicyclic) bond motifs is 15. The van der Waals surface area contributed by atoms with Crippen molar-refractivity contribution in [3.63, 3.8) is 0 Å². The topological polar surface area (TPSA) is 273 Å². The minimum absolute atomic E-state index is 0.107. The molecule has 4 N–H and O–H groups in total. The van der Waals surface area contributed by atoms with Gasteiger partial charge in [0.25, 0.3) is 0 Å². The predicted molar refractivity (Wildman–Crippen MR) is 519 cm³/mol. The van der Waals surface area contributed by atoms with Gasteiger partial charge in [0, 0.05) is 43.9 Å². The molecule has 0 amide bonds. The van der Waals surface area contributed by atoms with Gasteiger partial charge in [-0.15, -0.1) is 0 Å². The molecule has 4 aliphatic carbocycles. The quantitative estimate of drug-likeness (QED) is 0.0700. The number of phenolic OH excluding ortho intramolecular Hbond substituents is 4. The van der Waals surface area contributed by atoms with Gasteiger partial charge in [0.15, 0.2) is 46.6 Å². The molecule has 0 saturated carbocycles. The first-order valence-corrected chi connectivity index (χ1v) is 44.5. The fourth-order valence-electron chi connectivity index (χ4n) is 19.0. The second kappa shape index (κ2) is 34.6. The molecule has 0 aliphatic heterocycles. The van der Waals surface area contributed by atoms with E-state index in [2.05, 4.69) is 265 Å². The first-order valence-electron chi connectivity index (χ1n) is 44.5. The van der Waals surface area contributed by atoms with Crippen LogP contribution < -0.4 is 18.9 Å². The fourth-order valence-corrected chi connectivity index (χ4v) is 19.0. The van der Waals surface area contributed by atoms with E-state index in [0.717, 1.165) is 27.8 Å². The summed E-state index contributed by atoms with van der Waals surface area (Å²) in [6.07, 6.45) is 0. The Morgan fingerprint density at radius 1 is 0.212 bits per heavy atom. The highest BCUT2D eigenvalue weighted by Gasteiger charge is 2.42. The number of aromatic hydroxyl groups is 4. The van der Waals surface area contributed by atoms with Gasteiger partial charge < -0.3 is 39.4 Å². The minimum Gasteiger partial charge on any atom is -0.507 e. The van der Waals surface area contributed by atoms with Gasteiger partial charge >= 0.3 is 24.0 Å². The highest BCUT2D eigenvalue weighted by atomic mass is 16.5. The Hall–Kier alpha value is -16.0. The van der Waals surface area contributed by atoms with Gasteiger partial charge in [0.2, 0.25) is 0 Å². The number of ether oxygens (including phenoxy) is 4. The monoisotopic (exact) mass is 1740 g/mol. The van der Waals surface area contributed by atoms with Crippen molar-refractivity contribution in [2.45, 2.75) is 105 Å². The molecule has 132 heavy (non-hydrogen) atoms. The van der Waals surface area contributed by atoms with Crippen LogP contribution in [0.25, 0.3) is 157 Å². The molecule has 0 bridgehead atoms. The number of aromatic nitrogens is 12. The van der Waals surface area contributed by atoms with Crippen LogP contribution in [0.15, 0.2) is 291 Å². The molecule has 22 rings (SSSR count). The Bertz CT molecular complexity index is 7580. The third-order valence-corrected chi connectivity index (χ3v) is 25.4. The van der Waals surface area contributed by atoms with E-state index in [4.69, 9.17) is 38.9 Å². The summed E-state index contributed by atoms with van der Waals surface area (Å²) >= 11 is 0. The molecule has 0 fully saturated rings. The van der Waals surface area contributed by atoms with Crippen LogP contribution in [-0.4, -0.2) is 107 Å². The predicted octanol–water partition coefficient (Wildman–Crippen LogP) is 24.8. The maximum absolute atomic E-state index is 10.4. The summed E-state index contributed by atoms with van der Waals surface area (Å²) < 4.78 is 22.6. The van der Waals surface area contributed by atoms with Gasteiger partial charge in [-0.05, 0) is 211 Å². The van der Waals surface area contributed by atoms with Gasteiger partial charge in [0.05, 0.1) is 48.7 Å². The SMILES string of the molecule is CCOc1nc(-c2ccc3c(c2)-c2cc4ccccc4cc2C3(C)C)nc(-c2ccccc2O)n1.CCOc1nc(-c2ccc3c(c2)C(C)(C)c2ccc4ccccc4c2-3)nc(-c2ccccc2O)n1.CCOc1nc(-c2ccccc2O)nc(-c2cccc3c2-c2ccccc2C3(C)C)n1.CCOc1nc(-c2ccccc2O)nc(-c2cccc3c2C(C)(C)c2ccccc2-3)n1. The first kappa shape index (κ1) is 85.5. The van der Waals surface area contributed by atoms with Gasteiger partial charge in [0.1, 0.15) is 23.0 Å². The maximum Gasteiger partial charge on any atom is 0.320 e. The third kappa shape index (κ3) is 15.5. The van der Waals surface area contributed by atoms with Crippen molar-refractivity contribution in [1.82, 2.24) is 59.8 Å². The maximum atomic E-state index is 10.4. The van der Waals surface area contributed by atoms with Crippen LogP contribution in [0.2, 0.25) is 0 Å². The molecule has 0 radical (unpaired) electrons. The van der Waals surface area contributed by atoms with Crippen LogP contribution in [0.5, 0.6) is 47.0 Å². The molecular formula is C112H96N12O8. The van der Waals surface area contributed by atoms with Crippen LogP contribution in [-0.2, 0) is 21.7 Å². The summed E-state index contributed by atoms with van der Waals surface area (Å²) in [7, 11) is 0. The third-order valence-electron chi connectivity index (χ3n) is 25.4. The van der Waals surface area contributed by atoms with E-state index >= 15 is 0 Å². The van der Waals surface area contributed by atoms with Crippen molar-refractivity contribution >= 4 is 21.5 Å². The Morgan fingerprint density at radius 3 is 1.05 bits per heavy atom. The second-order valence-corrected chi connectivity index (χ2v) is 34.9. The number of benzene rings is 14. The Morgan fingerprint density at radius 2 is 0.530 bits per heavy atom. The van der Waals surface area contributed by atoms with Crippen LogP contribution in [0.1, 0.15) is 128 Å². The van der Waals surface area contributed by atoms with E-state index in [9.17, 15) is 20.4 Å². The summed E-state index contributed by atoms with van der Waals surface area (Å²) in [5.74, 6) is 4.09. The molecule has 0 saturated heterocycles. The number of phenols is 4. The molecule has 18 aromatic rings. The lowest BCUT2D eigenvalue weighted by Crippen LogP contribution is -2.17. The van der Waals surface area contributed by atoms with Crippen molar-refractivity contribution in [1.29, 1.82) is 0 Å². The standard InChI is InChI=1S/2C30H25N3O2.2C26H23N3O2/c1-4-35-29-32-27(31-28(33-29)22-11-7-8-12-25(22)34)19-13-15-21-24(17-19)30(2,3)23-16-14-18-9-5-6-10-20(18)26(21)23;1-4-35-29-32-27(31-28(33-29)21-11-7-8-12-26(21)34)20-13-14-24-22(16-20)23-15-18-9-5-6-10-19(18)17-25(23)30(24,2)3;1-4-31-25-28-23(18-11-6-8-15-21(18)30)27-24(29-25)19-13-9-12-17-16-10-5-7-14-20(16)26(2,3)22(17)19;1-4-31-25-28-23(17-11-6-8-15-21(17)30)27-24(29-25)18-12-9-14-20-22(18)16-10-5-7-13-19(16)26(20,2)3/h2*5-17,34H,4H2,1-3H3;2*5-15,30H,4H2,1-3H3. The Kier molecular flexibility index (Phi) is 22.4. The van der Waals surface area contributed by atoms with Crippen molar-refractivity contribution in [2.24, 2.45) is 0 Å². The number of rotatable bonds is 16. The molecule has 20 heteroatoms. The molecular weight excluding hydrogens is 1640 g/mol. The van der Waals surface area contributed by atoms with Crippen molar-refractivity contribution < 1.29 is 39.4 Å². The van der Waals surface area contributed by atoms with Crippen LogP contribution in [0.4, 0.5) is 0 Å². The smallest absolute Gasteiger partial charge is 0.320 e. The molecule has 4 aromatic heterocycles. The van der Waals surface area contributed by atoms with Crippen LogP contribution >= 0.6 is 0 Å². The summed E-state index contributed by atoms with van der Waals surface area (Å²) in [6, 6.07) is 97.5. The minimum atomic E-state index is -0.198. The molecule has 14 aromatic carbocycles. The zero-order valence-electron chi connectivity index (χ0n) is 75.3. The summed E-state index contributed by atoms with van der Waals surface area (Å²) in [4.78, 5) is 55.2. The molecule has 652 valence electrons. The number of para-hydroxylation sites is 4. The van der Waals surface area contributed by atoms with E-state index in [-0.39, 0.29) is 68.7 Å². The molecule has 0 atom stereocenters. The lowest BCUT2D eigenvalue weighted by atomic mass is 9.80. The van der Waals surface area contributed by atoms with Crippen LogP contribution in [0.3, 0.4) is 0 Å². The van der Waals surface area contributed by atoms with Gasteiger partial charge in [-0.25, -0.2) is 19.9 Å². The number of hydrogen-bond donors (Lipinski definition) is 4. The van der Waals surface area contributed by atoms with Gasteiger partial charge in [-0.2, -0.15) is 39.9 Å². The zero-order valence-corrected chi connectivity index (χ0v) is 75.3. The molecule has 4 aliphatic rings.